The minimum Gasteiger partial charge on any atom is -0.360 e. The maximum atomic E-state index is 12.8. The Morgan fingerprint density at radius 2 is 2.05 bits per heavy atom. The SMILES string of the molecule is Cc1cc(NC(=O)N[C@H](C)c2ccc(F)cc2)no1. The molecule has 0 aliphatic heterocycles. The summed E-state index contributed by atoms with van der Waals surface area (Å²) in [4.78, 5) is 11.7. The van der Waals surface area contributed by atoms with Crippen molar-refractivity contribution in [1.29, 1.82) is 0 Å². The zero-order valence-corrected chi connectivity index (χ0v) is 10.6. The molecular weight excluding hydrogens is 249 g/mol. The van der Waals surface area contributed by atoms with Crippen molar-refractivity contribution in [3.05, 3.63) is 47.5 Å². The highest BCUT2D eigenvalue weighted by Gasteiger charge is 2.11. The second-order valence-corrected chi connectivity index (χ2v) is 4.19. The molecule has 2 rings (SSSR count). The molecular formula is C13H14FN3O2. The van der Waals surface area contributed by atoms with Crippen molar-refractivity contribution in [2.24, 2.45) is 0 Å². The van der Waals surface area contributed by atoms with Crippen molar-refractivity contribution in [3.8, 4) is 0 Å². The summed E-state index contributed by atoms with van der Waals surface area (Å²) < 4.78 is 17.6. The van der Waals surface area contributed by atoms with Gasteiger partial charge in [-0.25, -0.2) is 9.18 Å². The monoisotopic (exact) mass is 263 g/mol. The summed E-state index contributed by atoms with van der Waals surface area (Å²) in [6.07, 6.45) is 0. The van der Waals surface area contributed by atoms with Crippen LogP contribution in [0.2, 0.25) is 0 Å². The van der Waals surface area contributed by atoms with Gasteiger partial charge >= 0.3 is 6.03 Å². The number of nitrogens with one attached hydrogen (secondary N) is 2. The first-order valence-corrected chi connectivity index (χ1v) is 5.81. The predicted octanol–water partition coefficient (Wildman–Crippen LogP) is 3.00. The van der Waals surface area contributed by atoms with Crippen molar-refractivity contribution in [1.82, 2.24) is 10.5 Å². The number of rotatable bonds is 3. The molecule has 0 saturated heterocycles. The highest BCUT2D eigenvalue weighted by molar-refractivity contribution is 5.88. The molecule has 19 heavy (non-hydrogen) atoms. The molecule has 0 radical (unpaired) electrons. The third-order valence-electron chi connectivity index (χ3n) is 2.59. The molecule has 6 heteroatoms. The molecule has 2 N–H and O–H groups in total. The second-order valence-electron chi connectivity index (χ2n) is 4.19. The number of benzene rings is 1. The molecule has 1 heterocycles. The molecule has 0 bridgehead atoms. The number of carbonyl (C=O) groups excluding carboxylic acids is 1. The maximum absolute atomic E-state index is 12.8. The fourth-order valence-corrected chi connectivity index (χ4v) is 1.61. The number of aryl methyl sites for hydroxylation is 1. The van der Waals surface area contributed by atoms with Crippen molar-refractivity contribution in [2.45, 2.75) is 19.9 Å². The molecule has 0 fully saturated rings. The standard InChI is InChI=1S/C13H14FN3O2/c1-8-7-12(17-19-8)16-13(18)15-9(2)10-3-5-11(14)6-4-10/h3-7,9H,1-2H3,(H2,15,16,17,18)/t9-/m1/s1. The lowest BCUT2D eigenvalue weighted by molar-refractivity contribution is 0.249. The van der Waals surface area contributed by atoms with Gasteiger partial charge in [-0.1, -0.05) is 17.3 Å². The van der Waals surface area contributed by atoms with Crippen LogP contribution >= 0.6 is 0 Å². The van der Waals surface area contributed by atoms with Gasteiger partial charge in [0.1, 0.15) is 11.6 Å². The van der Waals surface area contributed by atoms with E-state index in [1.165, 1.54) is 12.1 Å². The fourth-order valence-electron chi connectivity index (χ4n) is 1.61. The largest absolute Gasteiger partial charge is 0.360 e. The molecule has 0 saturated carbocycles. The van der Waals surface area contributed by atoms with Gasteiger partial charge in [-0.2, -0.15) is 0 Å². The first kappa shape index (κ1) is 13.1. The summed E-state index contributed by atoms with van der Waals surface area (Å²) in [6.45, 7) is 3.54. The van der Waals surface area contributed by atoms with Gasteiger partial charge in [0.15, 0.2) is 5.82 Å². The number of carbonyl (C=O) groups is 1. The Morgan fingerprint density at radius 3 is 2.63 bits per heavy atom. The normalized spacial score (nSPS) is 11.9. The molecule has 1 aromatic heterocycles. The summed E-state index contributed by atoms with van der Waals surface area (Å²) >= 11 is 0. The van der Waals surface area contributed by atoms with Crippen molar-refractivity contribution in [3.63, 3.8) is 0 Å². The van der Waals surface area contributed by atoms with Crippen LogP contribution in [0.1, 0.15) is 24.3 Å². The quantitative estimate of drug-likeness (QED) is 0.894. The van der Waals surface area contributed by atoms with Gasteiger partial charge in [0, 0.05) is 6.07 Å². The summed E-state index contributed by atoms with van der Waals surface area (Å²) in [6, 6.07) is 6.93. The molecule has 2 aromatic rings. The summed E-state index contributed by atoms with van der Waals surface area (Å²) in [5.41, 5.74) is 0.813. The molecule has 5 nitrogen and oxygen atoms in total. The van der Waals surface area contributed by atoms with Crippen LogP contribution in [0.25, 0.3) is 0 Å². The van der Waals surface area contributed by atoms with Gasteiger partial charge in [0.25, 0.3) is 0 Å². The number of aromatic nitrogens is 1. The topological polar surface area (TPSA) is 67.2 Å². The summed E-state index contributed by atoms with van der Waals surface area (Å²) in [5.74, 6) is 0.654. The van der Waals surface area contributed by atoms with Crippen molar-refractivity contribution in [2.75, 3.05) is 5.32 Å². The van der Waals surface area contributed by atoms with Crippen LogP contribution in [-0.2, 0) is 0 Å². The molecule has 0 unspecified atom stereocenters. The number of hydrogen-bond acceptors (Lipinski definition) is 3. The number of nitrogens with zero attached hydrogens (tertiary/aromatic N) is 1. The van der Waals surface area contributed by atoms with E-state index in [1.807, 2.05) is 0 Å². The Balaban J connectivity index is 1.93. The maximum Gasteiger partial charge on any atom is 0.320 e. The van der Waals surface area contributed by atoms with Gasteiger partial charge in [-0.15, -0.1) is 0 Å². The van der Waals surface area contributed by atoms with Gasteiger partial charge in [-0.3, -0.25) is 5.32 Å². The molecule has 2 amide bonds. The van der Waals surface area contributed by atoms with Crippen LogP contribution in [0.3, 0.4) is 0 Å². The molecule has 1 aromatic carbocycles. The second kappa shape index (κ2) is 5.51. The van der Waals surface area contributed by atoms with Gasteiger partial charge in [0.2, 0.25) is 0 Å². The van der Waals surface area contributed by atoms with E-state index in [0.717, 1.165) is 5.56 Å². The number of anilines is 1. The lowest BCUT2D eigenvalue weighted by Crippen LogP contribution is -2.31. The highest BCUT2D eigenvalue weighted by atomic mass is 19.1. The first-order valence-electron chi connectivity index (χ1n) is 5.81. The van der Waals surface area contributed by atoms with E-state index >= 15 is 0 Å². The average Bonchev–Trinajstić information content (AvgIpc) is 2.75. The van der Waals surface area contributed by atoms with E-state index in [4.69, 9.17) is 4.52 Å². The molecule has 0 aliphatic carbocycles. The predicted molar refractivity (Wildman–Crippen MR) is 68.2 cm³/mol. The van der Waals surface area contributed by atoms with Crippen LogP contribution in [0, 0.1) is 12.7 Å². The zero-order chi connectivity index (χ0) is 13.8. The molecule has 0 aliphatic rings. The molecule has 0 spiro atoms. The third kappa shape index (κ3) is 3.54. The number of amides is 2. The minimum absolute atomic E-state index is 0.242. The van der Waals surface area contributed by atoms with Crippen molar-refractivity contribution >= 4 is 11.8 Å². The van der Waals surface area contributed by atoms with Gasteiger partial charge in [-0.05, 0) is 31.5 Å². The van der Waals surface area contributed by atoms with Gasteiger partial charge < -0.3 is 9.84 Å². The molecule has 1 atom stereocenters. The van der Waals surface area contributed by atoms with Crippen LogP contribution < -0.4 is 10.6 Å². The van der Waals surface area contributed by atoms with Gasteiger partial charge in [0.05, 0.1) is 6.04 Å². The highest BCUT2D eigenvalue weighted by Crippen LogP contribution is 2.13. The fraction of sp³-hybridized carbons (Fsp3) is 0.231. The first-order chi connectivity index (χ1) is 9.04. The summed E-state index contributed by atoms with van der Waals surface area (Å²) in [5, 5.41) is 8.92. The van der Waals surface area contributed by atoms with Crippen molar-refractivity contribution < 1.29 is 13.7 Å². The summed E-state index contributed by atoms with van der Waals surface area (Å²) in [7, 11) is 0. The number of hydrogen-bond donors (Lipinski definition) is 2. The Hall–Kier alpha value is -2.37. The van der Waals surface area contributed by atoms with E-state index in [0.29, 0.717) is 11.6 Å². The minimum atomic E-state index is -0.398. The average molecular weight is 263 g/mol. The lowest BCUT2D eigenvalue weighted by atomic mass is 10.1. The van der Waals surface area contributed by atoms with Crippen LogP contribution in [0.5, 0.6) is 0 Å². The zero-order valence-electron chi connectivity index (χ0n) is 10.6. The number of halogens is 1. The third-order valence-corrected chi connectivity index (χ3v) is 2.59. The van der Waals surface area contributed by atoms with E-state index < -0.39 is 6.03 Å². The molecule has 100 valence electrons. The van der Waals surface area contributed by atoms with Crippen LogP contribution in [-0.4, -0.2) is 11.2 Å². The lowest BCUT2D eigenvalue weighted by Gasteiger charge is -2.14. The Morgan fingerprint density at radius 1 is 1.37 bits per heavy atom. The van der Waals surface area contributed by atoms with E-state index in [-0.39, 0.29) is 11.9 Å². The Bertz CT molecular complexity index is 566. The van der Waals surface area contributed by atoms with E-state index in [9.17, 15) is 9.18 Å². The Labute approximate surface area is 109 Å². The van der Waals surface area contributed by atoms with Crippen LogP contribution in [0.15, 0.2) is 34.9 Å². The Kier molecular flexibility index (Phi) is 3.79. The number of urea groups is 1. The van der Waals surface area contributed by atoms with E-state index in [2.05, 4.69) is 15.8 Å². The van der Waals surface area contributed by atoms with Crippen LogP contribution in [0.4, 0.5) is 15.0 Å². The van der Waals surface area contributed by atoms with E-state index in [1.54, 1.807) is 32.0 Å². The smallest absolute Gasteiger partial charge is 0.320 e.